The van der Waals surface area contributed by atoms with Crippen molar-refractivity contribution in [3.05, 3.63) is 107 Å². The van der Waals surface area contributed by atoms with E-state index in [9.17, 15) is 19.2 Å². The number of nitriles is 1. The zero-order chi connectivity index (χ0) is 27.5. The lowest BCUT2D eigenvalue weighted by molar-refractivity contribution is -0.112. The first-order valence-corrected chi connectivity index (χ1v) is 11.8. The summed E-state index contributed by atoms with van der Waals surface area (Å²) in [6, 6.07) is 17.8. The highest BCUT2D eigenvalue weighted by Gasteiger charge is 2.16. The molecule has 0 fully saturated rings. The van der Waals surface area contributed by atoms with E-state index in [4.69, 9.17) is 9.47 Å². The summed E-state index contributed by atoms with van der Waals surface area (Å²) in [7, 11) is 1.28. The number of methoxy groups -OCH3 is 1. The zero-order valence-corrected chi connectivity index (χ0v) is 21.1. The minimum absolute atomic E-state index is 0.00725. The molecule has 0 heterocycles. The molecule has 0 aliphatic heterocycles. The SMILES string of the molecule is C=CCc1cc(/C=C(\C#N)C(=O)Nc2ccc(C(=O)OC)cc2)cc(OCC)c1OCc1ccccc1F. The lowest BCUT2D eigenvalue weighted by Crippen LogP contribution is -2.13. The van der Waals surface area contributed by atoms with Crippen LogP contribution in [0.4, 0.5) is 10.1 Å². The summed E-state index contributed by atoms with van der Waals surface area (Å²) < 4.78 is 30.5. The van der Waals surface area contributed by atoms with E-state index in [1.807, 2.05) is 13.0 Å². The molecule has 8 heteroatoms. The van der Waals surface area contributed by atoms with Gasteiger partial charge in [0, 0.05) is 16.8 Å². The van der Waals surface area contributed by atoms with Crippen LogP contribution < -0.4 is 14.8 Å². The van der Waals surface area contributed by atoms with Crippen LogP contribution in [0.1, 0.15) is 34.0 Å². The number of carbonyl (C=O) groups is 2. The van der Waals surface area contributed by atoms with E-state index in [-0.39, 0.29) is 18.0 Å². The third-order valence-corrected chi connectivity index (χ3v) is 5.39. The Morgan fingerprint density at radius 3 is 2.45 bits per heavy atom. The van der Waals surface area contributed by atoms with Gasteiger partial charge < -0.3 is 19.5 Å². The quantitative estimate of drug-likeness (QED) is 0.149. The predicted octanol–water partition coefficient (Wildman–Crippen LogP) is 5.86. The van der Waals surface area contributed by atoms with Crippen LogP contribution in [0.15, 0.2) is 78.9 Å². The zero-order valence-electron chi connectivity index (χ0n) is 21.1. The number of amides is 1. The number of nitrogens with one attached hydrogen (secondary N) is 1. The van der Waals surface area contributed by atoms with Crippen LogP contribution in [-0.4, -0.2) is 25.6 Å². The van der Waals surface area contributed by atoms with Crippen molar-refractivity contribution in [3.63, 3.8) is 0 Å². The molecule has 3 aromatic carbocycles. The molecule has 3 rings (SSSR count). The molecule has 0 atom stereocenters. The van der Waals surface area contributed by atoms with Crippen LogP contribution in [0.2, 0.25) is 0 Å². The molecule has 0 aromatic heterocycles. The fraction of sp³-hybridized carbons (Fsp3) is 0.167. The summed E-state index contributed by atoms with van der Waals surface area (Å²) in [6.45, 7) is 5.94. The molecule has 0 saturated carbocycles. The van der Waals surface area contributed by atoms with Crippen molar-refractivity contribution >= 4 is 23.6 Å². The van der Waals surface area contributed by atoms with E-state index in [0.717, 1.165) is 0 Å². The van der Waals surface area contributed by atoms with Crippen molar-refractivity contribution < 1.29 is 28.2 Å². The maximum absolute atomic E-state index is 14.1. The number of hydrogen-bond donors (Lipinski definition) is 1. The fourth-order valence-corrected chi connectivity index (χ4v) is 3.59. The first-order valence-electron chi connectivity index (χ1n) is 11.8. The first-order chi connectivity index (χ1) is 18.4. The molecule has 0 saturated heterocycles. The number of allylic oxidation sites excluding steroid dienone is 1. The second-order valence-electron chi connectivity index (χ2n) is 8.01. The normalized spacial score (nSPS) is 10.7. The minimum atomic E-state index is -0.624. The maximum Gasteiger partial charge on any atom is 0.337 e. The molecule has 1 amide bonds. The predicted molar refractivity (Wildman–Crippen MR) is 142 cm³/mol. The second kappa shape index (κ2) is 13.4. The van der Waals surface area contributed by atoms with Gasteiger partial charge in [-0.3, -0.25) is 4.79 Å². The largest absolute Gasteiger partial charge is 0.490 e. The van der Waals surface area contributed by atoms with Gasteiger partial charge in [-0.1, -0.05) is 24.3 Å². The van der Waals surface area contributed by atoms with Crippen LogP contribution in [0.3, 0.4) is 0 Å². The Balaban J connectivity index is 1.89. The topological polar surface area (TPSA) is 97.7 Å². The Kier molecular flexibility index (Phi) is 9.78. The molecule has 0 aliphatic rings. The van der Waals surface area contributed by atoms with Crippen molar-refractivity contribution in [1.29, 1.82) is 5.26 Å². The number of halogens is 1. The lowest BCUT2D eigenvalue weighted by atomic mass is 10.0. The van der Waals surface area contributed by atoms with E-state index >= 15 is 0 Å². The number of anilines is 1. The van der Waals surface area contributed by atoms with Gasteiger partial charge >= 0.3 is 5.97 Å². The van der Waals surface area contributed by atoms with Crippen LogP contribution in [0.25, 0.3) is 6.08 Å². The molecule has 0 spiro atoms. The maximum atomic E-state index is 14.1. The number of ether oxygens (including phenoxy) is 3. The van der Waals surface area contributed by atoms with Gasteiger partial charge in [-0.05, 0) is 67.4 Å². The summed E-state index contributed by atoms with van der Waals surface area (Å²) in [4.78, 5) is 24.4. The van der Waals surface area contributed by atoms with Crippen molar-refractivity contribution in [1.82, 2.24) is 0 Å². The molecule has 194 valence electrons. The van der Waals surface area contributed by atoms with Crippen molar-refractivity contribution in [2.24, 2.45) is 0 Å². The average molecular weight is 515 g/mol. The summed E-state index contributed by atoms with van der Waals surface area (Å²) in [5.74, 6) is -0.671. The van der Waals surface area contributed by atoms with E-state index in [2.05, 4.69) is 16.6 Å². The average Bonchev–Trinajstić information content (AvgIpc) is 2.92. The molecule has 0 unspecified atom stereocenters. The number of benzene rings is 3. The van der Waals surface area contributed by atoms with E-state index in [1.54, 1.807) is 36.4 Å². The van der Waals surface area contributed by atoms with Crippen molar-refractivity contribution in [2.45, 2.75) is 20.0 Å². The Morgan fingerprint density at radius 1 is 1.08 bits per heavy atom. The van der Waals surface area contributed by atoms with E-state index < -0.39 is 11.9 Å². The third-order valence-electron chi connectivity index (χ3n) is 5.39. The molecule has 3 aromatic rings. The Hall–Kier alpha value is -4.90. The van der Waals surface area contributed by atoms with Crippen LogP contribution in [0, 0.1) is 17.1 Å². The Bertz CT molecular complexity index is 1390. The third kappa shape index (κ3) is 7.08. The van der Waals surface area contributed by atoms with E-state index in [0.29, 0.717) is 52.5 Å². The molecule has 0 bridgehead atoms. The standard InChI is InChI=1S/C30H27FN2O5/c1-4-8-22-15-20(17-27(37-5-2)28(22)38-19-23-9-6-7-10-26(23)31)16-24(18-32)29(34)33-25-13-11-21(12-14-25)30(35)36-3/h4,6-7,9-17H,1,5,8,19H2,2-3H3,(H,33,34)/b24-16+. The Labute approximate surface area is 220 Å². The number of hydrogen-bond acceptors (Lipinski definition) is 6. The van der Waals surface area contributed by atoms with Gasteiger partial charge in [-0.25, -0.2) is 9.18 Å². The highest BCUT2D eigenvalue weighted by Crippen LogP contribution is 2.35. The van der Waals surface area contributed by atoms with Crippen LogP contribution in [0.5, 0.6) is 11.5 Å². The van der Waals surface area contributed by atoms with Crippen LogP contribution in [-0.2, 0) is 22.6 Å². The molecule has 0 aliphatic carbocycles. The first kappa shape index (κ1) is 27.7. The summed E-state index contributed by atoms with van der Waals surface area (Å²) in [6.07, 6.45) is 3.54. The lowest BCUT2D eigenvalue weighted by Gasteiger charge is -2.17. The molecule has 38 heavy (non-hydrogen) atoms. The fourth-order valence-electron chi connectivity index (χ4n) is 3.59. The van der Waals surface area contributed by atoms with Crippen LogP contribution >= 0.6 is 0 Å². The monoisotopic (exact) mass is 514 g/mol. The minimum Gasteiger partial charge on any atom is -0.490 e. The van der Waals surface area contributed by atoms with Gasteiger partial charge in [0.15, 0.2) is 11.5 Å². The van der Waals surface area contributed by atoms with E-state index in [1.165, 1.54) is 43.5 Å². The highest BCUT2D eigenvalue weighted by atomic mass is 19.1. The Morgan fingerprint density at radius 2 is 1.82 bits per heavy atom. The molecular formula is C30H27FN2O5. The van der Waals surface area contributed by atoms with Crippen molar-refractivity contribution in [3.8, 4) is 17.6 Å². The number of rotatable bonds is 11. The summed E-state index contributed by atoms with van der Waals surface area (Å²) in [5.41, 5.74) is 2.22. The number of esters is 1. The summed E-state index contributed by atoms with van der Waals surface area (Å²) in [5, 5.41) is 12.3. The van der Waals surface area contributed by atoms with Gasteiger partial charge in [0.2, 0.25) is 0 Å². The van der Waals surface area contributed by atoms with Gasteiger partial charge in [-0.15, -0.1) is 6.58 Å². The highest BCUT2D eigenvalue weighted by molar-refractivity contribution is 6.09. The number of carbonyl (C=O) groups excluding carboxylic acids is 2. The molecule has 1 N–H and O–H groups in total. The van der Waals surface area contributed by atoms with Crippen molar-refractivity contribution in [2.75, 3.05) is 19.0 Å². The second-order valence-corrected chi connectivity index (χ2v) is 8.01. The molecule has 7 nitrogen and oxygen atoms in total. The van der Waals surface area contributed by atoms with Gasteiger partial charge in [0.05, 0.1) is 19.3 Å². The molecular weight excluding hydrogens is 487 g/mol. The molecule has 0 radical (unpaired) electrons. The van der Waals surface area contributed by atoms with Gasteiger partial charge in [0.1, 0.15) is 24.1 Å². The number of nitrogens with zero attached hydrogens (tertiary/aromatic N) is 1. The summed E-state index contributed by atoms with van der Waals surface area (Å²) >= 11 is 0. The van der Waals surface area contributed by atoms with Gasteiger partial charge in [0.25, 0.3) is 5.91 Å². The van der Waals surface area contributed by atoms with Gasteiger partial charge in [-0.2, -0.15) is 5.26 Å². The smallest absolute Gasteiger partial charge is 0.337 e.